The van der Waals surface area contributed by atoms with Gasteiger partial charge in [-0.15, -0.1) is 35.3 Å². The summed E-state index contributed by atoms with van der Waals surface area (Å²) < 4.78 is 0. The number of aryl methyl sites for hydroxylation is 1. The maximum Gasteiger partial charge on any atom is 0.191 e. The van der Waals surface area contributed by atoms with Crippen molar-refractivity contribution < 1.29 is 0 Å². The summed E-state index contributed by atoms with van der Waals surface area (Å²) in [6.07, 6.45) is 9.43. The number of piperidine rings is 2. The number of hydrogen-bond acceptors (Lipinski definition) is 5. The molecule has 0 aromatic carbocycles. The van der Waals surface area contributed by atoms with Crippen LogP contribution in [0.25, 0.3) is 0 Å². The summed E-state index contributed by atoms with van der Waals surface area (Å²) in [6, 6.07) is 0. The number of guanidine groups is 1. The molecule has 3 rings (SSSR count). The van der Waals surface area contributed by atoms with Gasteiger partial charge in [-0.3, -0.25) is 9.89 Å². The van der Waals surface area contributed by atoms with E-state index in [1.807, 2.05) is 6.20 Å². The van der Waals surface area contributed by atoms with Crippen LogP contribution in [0.4, 0.5) is 0 Å². The summed E-state index contributed by atoms with van der Waals surface area (Å²) in [5.41, 5.74) is 0.238. The van der Waals surface area contributed by atoms with Gasteiger partial charge in [0, 0.05) is 36.1 Å². The summed E-state index contributed by atoms with van der Waals surface area (Å²) in [7, 11) is 2.25. The van der Waals surface area contributed by atoms with Crippen LogP contribution in [0.2, 0.25) is 0 Å². The van der Waals surface area contributed by atoms with Crippen molar-refractivity contribution in [3.63, 3.8) is 0 Å². The molecule has 3 heterocycles. The van der Waals surface area contributed by atoms with Crippen molar-refractivity contribution in [1.82, 2.24) is 25.4 Å². The third kappa shape index (κ3) is 7.33. The van der Waals surface area contributed by atoms with Gasteiger partial charge in [0.15, 0.2) is 5.96 Å². The van der Waals surface area contributed by atoms with Gasteiger partial charge in [-0.2, -0.15) is 0 Å². The highest BCUT2D eigenvalue weighted by atomic mass is 127. The predicted molar refractivity (Wildman–Crippen MR) is 135 cm³/mol. The first-order chi connectivity index (χ1) is 13.6. The maximum atomic E-state index is 5.06. The van der Waals surface area contributed by atoms with E-state index in [4.69, 9.17) is 4.99 Å². The van der Waals surface area contributed by atoms with Crippen molar-refractivity contribution in [3.8, 4) is 0 Å². The highest BCUT2D eigenvalue weighted by Gasteiger charge is 2.39. The average molecular weight is 535 g/mol. The van der Waals surface area contributed by atoms with E-state index < -0.39 is 0 Å². The lowest BCUT2D eigenvalue weighted by molar-refractivity contribution is 0.0208. The summed E-state index contributed by atoms with van der Waals surface area (Å²) in [5.74, 6) is 0.950. The number of nitrogens with zero attached hydrogens (tertiary/aromatic N) is 4. The number of thiazole rings is 1. The van der Waals surface area contributed by atoms with Crippen LogP contribution in [0.3, 0.4) is 0 Å². The minimum absolute atomic E-state index is 0. The van der Waals surface area contributed by atoms with Gasteiger partial charge in [0.1, 0.15) is 0 Å². The number of halogens is 1. The van der Waals surface area contributed by atoms with Crippen LogP contribution >= 0.6 is 35.3 Å². The first kappa shape index (κ1) is 24.8. The molecule has 0 aliphatic carbocycles. The van der Waals surface area contributed by atoms with Crippen LogP contribution in [0.5, 0.6) is 0 Å². The second-order valence-electron chi connectivity index (χ2n) is 8.31. The number of rotatable bonds is 7. The van der Waals surface area contributed by atoms with Gasteiger partial charge >= 0.3 is 0 Å². The van der Waals surface area contributed by atoms with Crippen LogP contribution in [-0.2, 0) is 6.42 Å². The van der Waals surface area contributed by atoms with Gasteiger partial charge in [-0.1, -0.05) is 6.42 Å². The molecular formula is C21H39IN6S. The monoisotopic (exact) mass is 534 g/mol. The first-order valence-corrected chi connectivity index (χ1v) is 11.8. The van der Waals surface area contributed by atoms with E-state index in [2.05, 4.69) is 46.3 Å². The average Bonchev–Trinajstić information content (AvgIpc) is 3.13. The number of hydrogen-bond donors (Lipinski definition) is 2. The first-order valence-electron chi connectivity index (χ1n) is 11.0. The van der Waals surface area contributed by atoms with Crippen LogP contribution in [-0.4, -0.2) is 79.1 Å². The minimum Gasteiger partial charge on any atom is -0.357 e. The maximum absolute atomic E-state index is 5.06. The molecule has 0 atom stereocenters. The molecule has 0 amide bonds. The highest BCUT2D eigenvalue weighted by Crippen LogP contribution is 2.31. The lowest BCUT2D eigenvalue weighted by atomic mass is 9.84. The molecule has 0 saturated carbocycles. The van der Waals surface area contributed by atoms with Gasteiger partial charge in [0.25, 0.3) is 0 Å². The van der Waals surface area contributed by atoms with E-state index in [-0.39, 0.29) is 29.5 Å². The zero-order valence-corrected chi connectivity index (χ0v) is 21.5. The van der Waals surface area contributed by atoms with Crippen molar-refractivity contribution in [2.24, 2.45) is 4.99 Å². The molecule has 166 valence electrons. The molecule has 0 spiro atoms. The normalized spacial score (nSPS) is 20.9. The number of aliphatic imine (C=N–C) groups is 1. The van der Waals surface area contributed by atoms with E-state index in [9.17, 15) is 0 Å². The van der Waals surface area contributed by atoms with E-state index in [1.165, 1.54) is 68.2 Å². The van der Waals surface area contributed by atoms with Crippen molar-refractivity contribution >= 4 is 41.3 Å². The number of nitrogens with one attached hydrogen (secondary N) is 2. The Bertz CT molecular complexity index is 620. The quantitative estimate of drug-likeness (QED) is 0.320. The van der Waals surface area contributed by atoms with E-state index >= 15 is 0 Å². The Morgan fingerprint density at radius 3 is 2.52 bits per heavy atom. The van der Waals surface area contributed by atoms with E-state index in [1.54, 1.807) is 11.3 Å². The lowest BCUT2D eigenvalue weighted by Gasteiger charge is -2.49. The summed E-state index contributed by atoms with van der Waals surface area (Å²) >= 11 is 1.78. The Labute approximate surface area is 198 Å². The van der Waals surface area contributed by atoms with Crippen LogP contribution in [0, 0.1) is 6.92 Å². The molecule has 0 bridgehead atoms. The van der Waals surface area contributed by atoms with Crippen molar-refractivity contribution in [3.05, 3.63) is 16.1 Å². The smallest absolute Gasteiger partial charge is 0.191 e. The van der Waals surface area contributed by atoms with Crippen molar-refractivity contribution in [1.29, 1.82) is 0 Å². The lowest BCUT2D eigenvalue weighted by Crippen LogP contribution is -2.58. The minimum atomic E-state index is 0. The van der Waals surface area contributed by atoms with Crippen LogP contribution in [0.15, 0.2) is 11.2 Å². The molecule has 8 heteroatoms. The molecule has 2 fully saturated rings. The SMILES string of the molecule is CCNC(=NCC1(N2CCCCC2)CCN(C)CC1)NCCc1ncc(C)s1.I. The zero-order valence-electron chi connectivity index (χ0n) is 18.4. The second-order valence-corrected chi connectivity index (χ2v) is 9.63. The Hall–Kier alpha value is -0.450. The van der Waals surface area contributed by atoms with Gasteiger partial charge < -0.3 is 15.5 Å². The standard InChI is InChI=1S/C21H38N6S.HI/c1-4-22-20(23-11-8-19-24-16-18(2)28-19)25-17-21(9-14-26(3)15-10-21)27-12-6-5-7-13-27;/h16H,4-15,17H2,1-3H3,(H2,22,23,25);1H. The third-order valence-corrected chi connectivity index (χ3v) is 7.09. The number of likely N-dealkylation sites (tertiary alicyclic amines) is 2. The fourth-order valence-electron chi connectivity index (χ4n) is 4.35. The molecule has 1 aromatic heterocycles. The van der Waals surface area contributed by atoms with Crippen molar-refractivity contribution in [2.45, 2.75) is 57.9 Å². The topological polar surface area (TPSA) is 55.8 Å². The van der Waals surface area contributed by atoms with Crippen LogP contribution < -0.4 is 10.6 Å². The summed E-state index contributed by atoms with van der Waals surface area (Å²) in [6.45, 7) is 11.8. The summed E-state index contributed by atoms with van der Waals surface area (Å²) in [4.78, 5) is 16.0. The van der Waals surface area contributed by atoms with Gasteiger partial charge in [-0.05, 0) is 72.8 Å². The van der Waals surface area contributed by atoms with E-state index in [0.29, 0.717) is 0 Å². The second kappa shape index (κ2) is 12.4. The molecule has 0 radical (unpaired) electrons. The van der Waals surface area contributed by atoms with Gasteiger partial charge in [-0.25, -0.2) is 4.98 Å². The molecule has 2 saturated heterocycles. The van der Waals surface area contributed by atoms with Gasteiger partial charge in [0.2, 0.25) is 0 Å². The molecular weight excluding hydrogens is 495 g/mol. The molecule has 2 N–H and O–H groups in total. The number of aromatic nitrogens is 1. The summed E-state index contributed by atoms with van der Waals surface area (Å²) in [5, 5.41) is 8.15. The van der Waals surface area contributed by atoms with Crippen LogP contribution in [0.1, 0.15) is 48.9 Å². The third-order valence-electron chi connectivity index (χ3n) is 6.12. The zero-order chi connectivity index (χ0) is 19.8. The Morgan fingerprint density at radius 1 is 1.17 bits per heavy atom. The fourth-order valence-corrected chi connectivity index (χ4v) is 5.14. The molecule has 2 aliphatic rings. The Morgan fingerprint density at radius 2 is 1.90 bits per heavy atom. The largest absolute Gasteiger partial charge is 0.357 e. The predicted octanol–water partition coefficient (Wildman–Crippen LogP) is 3.12. The highest BCUT2D eigenvalue weighted by molar-refractivity contribution is 14.0. The van der Waals surface area contributed by atoms with Crippen molar-refractivity contribution in [2.75, 3.05) is 52.9 Å². The molecule has 0 unspecified atom stereocenters. The van der Waals surface area contributed by atoms with E-state index in [0.717, 1.165) is 32.0 Å². The molecule has 29 heavy (non-hydrogen) atoms. The fraction of sp³-hybridized carbons (Fsp3) is 0.810. The molecule has 2 aliphatic heterocycles. The Balaban J connectivity index is 0.00000300. The molecule has 6 nitrogen and oxygen atoms in total. The molecule has 1 aromatic rings. The van der Waals surface area contributed by atoms with Gasteiger partial charge in [0.05, 0.1) is 11.6 Å². The Kier molecular flexibility index (Phi) is 10.6.